The van der Waals surface area contributed by atoms with E-state index >= 15 is 0 Å². The van der Waals surface area contributed by atoms with Crippen molar-refractivity contribution < 1.29 is 14.2 Å². The molecular weight excluding hydrogens is 434 g/mol. The molecule has 35 heavy (non-hydrogen) atoms. The van der Waals surface area contributed by atoms with Gasteiger partial charge in [0.05, 0.1) is 20.8 Å². The van der Waals surface area contributed by atoms with E-state index in [2.05, 4.69) is 59.5 Å². The average Bonchev–Trinajstić information content (AvgIpc) is 3.15. The largest absolute Gasteiger partial charge is 0.497 e. The summed E-state index contributed by atoms with van der Waals surface area (Å²) in [5.41, 5.74) is 3.76. The van der Waals surface area contributed by atoms with E-state index in [-0.39, 0.29) is 6.10 Å². The van der Waals surface area contributed by atoms with Crippen molar-refractivity contribution in [2.24, 2.45) is 5.92 Å². The molecule has 0 N–H and O–H groups in total. The van der Waals surface area contributed by atoms with Crippen LogP contribution in [0.2, 0.25) is 0 Å². The molecule has 0 saturated carbocycles. The third kappa shape index (κ3) is 5.71. The minimum absolute atomic E-state index is 0.111. The maximum absolute atomic E-state index is 6.59. The Hall–Kier alpha value is -2.82. The Bertz CT molecular complexity index is 989. The van der Waals surface area contributed by atoms with E-state index < -0.39 is 0 Å². The lowest BCUT2D eigenvalue weighted by Gasteiger charge is -2.39. The summed E-state index contributed by atoms with van der Waals surface area (Å²) < 4.78 is 17.3. The molecule has 2 aliphatic rings. The van der Waals surface area contributed by atoms with Crippen molar-refractivity contribution in [3.63, 3.8) is 0 Å². The van der Waals surface area contributed by atoms with Gasteiger partial charge in [-0.3, -0.25) is 4.90 Å². The first-order valence-electron chi connectivity index (χ1n) is 12.9. The minimum atomic E-state index is -0.111. The van der Waals surface area contributed by atoms with Gasteiger partial charge in [-0.05, 0) is 79.0 Å². The molecule has 2 unspecified atom stereocenters. The molecule has 5 rings (SSSR count). The number of methoxy groups -OCH3 is 2. The highest BCUT2D eigenvalue weighted by molar-refractivity contribution is 5.36. The van der Waals surface area contributed by atoms with Gasteiger partial charge in [0.15, 0.2) is 0 Å². The van der Waals surface area contributed by atoms with Crippen molar-refractivity contribution in [2.45, 2.75) is 50.3 Å². The third-order valence-electron chi connectivity index (χ3n) is 7.82. The Morgan fingerprint density at radius 1 is 0.743 bits per heavy atom. The first kappa shape index (κ1) is 23.9. The van der Waals surface area contributed by atoms with E-state index in [0.717, 1.165) is 41.7 Å². The van der Waals surface area contributed by atoms with Gasteiger partial charge in [-0.25, -0.2) is 0 Å². The molecule has 2 fully saturated rings. The maximum atomic E-state index is 6.59. The van der Waals surface area contributed by atoms with E-state index in [1.165, 1.54) is 37.7 Å². The fraction of sp³-hybridized carbons (Fsp3) is 0.419. The molecule has 2 atom stereocenters. The van der Waals surface area contributed by atoms with Crippen LogP contribution >= 0.6 is 0 Å². The summed E-state index contributed by atoms with van der Waals surface area (Å²) in [5, 5.41) is 0. The fourth-order valence-electron chi connectivity index (χ4n) is 6.08. The zero-order valence-corrected chi connectivity index (χ0v) is 20.9. The summed E-state index contributed by atoms with van der Waals surface area (Å²) in [6, 6.07) is 28.8. The first-order chi connectivity index (χ1) is 17.2. The van der Waals surface area contributed by atoms with Crippen molar-refractivity contribution in [2.75, 3.05) is 27.4 Å². The number of hydrogen-bond donors (Lipinski definition) is 0. The Morgan fingerprint density at radius 3 is 1.80 bits per heavy atom. The lowest BCUT2D eigenvalue weighted by atomic mass is 9.86. The Labute approximate surface area is 209 Å². The molecule has 0 radical (unpaired) electrons. The number of nitrogens with zero attached hydrogens (tertiary/aromatic N) is 1. The number of benzene rings is 3. The molecule has 0 aliphatic carbocycles. The Morgan fingerprint density at radius 2 is 1.29 bits per heavy atom. The van der Waals surface area contributed by atoms with Gasteiger partial charge < -0.3 is 14.2 Å². The van der Waals surface area contributed by atoms with Crippen LogP contribution in [0, 0.1) is 5.92 Å². The van der Waals surface area contributed by atoms with Crippen LogP contribution in [0.5, 0.6) is 11.5 Å². The molecule has 0 amide bonds. The highest BCUT2D eigenvalue weighted by Gasteiger charge is 2.40. The smallest absolute Gasteiger partial charge is 0.118 e. The van der Waals surface area contributed by atoms with Gasteiger partial charge in [-0.2, -0.15) is 0 Å². The van der Waals surface area contributed by atoms with Crippen LogP contribution in [0.1, 0.15) is 48.5 Å². The SMILES string of the molecule is COc1ccc(C(OCCN2C3CCC2CC(Cc2ccccc2)C3)c2ccc(OC)cc2)cc1. The van der Waals surface area contributed by atoms with E-state index in [4.69, 9.17) is 14.2 Å². The van der Waals surface area contributed by atoms with Crippen LogP contribution in [0.3, 0.4) is 0 Å². The number of rotatable bonds is 10. The molecule has 184 valence electrons. The molecule has 3 aromatic rings. The quantitative estimate of drug-likeness (QED) is 0.347. The van der Waals surface area contributed by atoms with Crippen molar-refractivity contribution in [1.29, 1.82) is 0 Å². The van der Waals surface area contributed by atoms with Gasteiger partial charge in [0.25, 0.3) is 0 Å². The lowest BCUT2D eigenvalue weighted by Crippen LogP contribution is -2.45. The second kappa shape index (κ2) is 11.3. The fourth-order valence-corrected chi connectivity index (χ4v) is 6.08. The van der Waals surface area contributed by atoms with Crippen LogP contribution in [0.25, 0.3) is 0 Å². The van der Waals surface area contributed by atoms with E-state index in [1.807, 2.05) is 24.3 Å². The van der Waals surface area contributed by atoms with Crippen molar-refractivity contribution in [1.82, 2.24) is 4.90 Å². The monoisotopic (exact) mass is 471 g/mol. The van der Waals surface area contributed by atoms with Gasteiger partial charge in [-0.1, -0.05) is 54.6 Å². The summed E-state index contributed by atoms with van der Waals surface area (Å²) in [4.78, 5) is 2.74. The molecule has 0 aromatic heterocycles. The molecule has 3 aromatic carbocycles. The topological polar surface area (TPSA) is 30.9 Å². The predicted molar refractivity (Wildman–Crippen MR) is 140 cm³/mol. The first-order valence-corrected chi connectivity index (χ1v) is 12.9. The summed E-state index contributed by atoms with van der Waals surface area (Å²) in [5.74, 6) is 2.52. The zero-order chi connectivity index (χ0) is 24.0. The van der Waals surface area contributed by atoms with Gasteiger partial charge in [0.2, 0.25) is 0 Å². The number of ether oxygens (including phenoxy) is 3. The molecule has 0 spiro atoms. The molecule has 2 saturated heterocycles. The van der Waals surface area contributed by atoms with E-state index in [1.54, 1.807) is 14.2 Å². The second-order valence-corrected chi connectivity index (χ2v) is 9.95. The normalized spacial score (nSPS) is 21.9. The molecule has 2 heterocycles. The van der Waals surface area contributed by atoms with Gasteiger partial charge in [0, 0.05) is 18.6 Å². The summed E-state index contributed by atoms with van der Waals surface area (Å²) in [6.07, 6.45) is 6.39. The number of piperidine rings is 1. The predicted octanol–water partition coefficient (Wildman–Crippen LogP) is 6.30. The zero-order valence-electron chi connectivity index (χ0n) is 20.9. The molecule has 4 nitrogen and oxygen atoms in total. The van der Waals surface area contributed by atoms with Gasteiger partial charge >= 0.3 is 0 Å². The molecule has 4 heteroatoms. The molecule has 2 aliphatic heterocycles. The minimum Gasteiger partial charge on any atom is -0.497 e. The summed E-state index contributed by atoms with van der Waals surface area (Å²) >= 11 is 0. The van der Waals surface area contributed by atoms with Crippen LogP contribution in [0.4, 0.5) is 0 Å². The summed E-state index contributed by atoms with van der Waals surface area (Å²) in [7, 11) is 3.40. The van der Waals surface area contributed by atoms with Crippen LogP contribution in [-0.4, -0.2) is 44.4 Å². The van der Waals surface area contributed by atoms with Crippen molar-refractivity contribution in [3.05, 3.63) is 95.6 Å². The second-order valence-electron chi connectivity index (χ2n) is 9.95. The Kier molecular flexibility index (Phi) is 7.70. The Balaban J connectivity index is 1.22. The van der Waals surface area contributed by atoms with Crippen LogP contribution in [0.15, 0.2) is 78.9 Å². The third-order valence-corrected chi connectivity index (χ3v) is 7.82. The van der Waals surface area contributed by atoms with Crippen molar-refractivity contribution in [3.8, 4) is 11.5 Å². The molecular formula is C31H37NO3. The van der Waals surface area contributed by atoms with E-state index in [9.17, 15) is 0 Å². The van der Waals surface area contributed by atoms with Gasteiger partial charge in [-0.15, -0.1) is 0 Å². The van der Waals surface area contributed by atoms with E-state index in [0.29, 0.717) is 12.1 Å². The number of fused-ring (bicyclic) bond motifs is 2. The van der Waals surface area contributed by atoms with Crippen molar-refractivity contribution >= 4 is 0 Å². The highest BCUT2D eigenvalue weighted by atomic mass is 16.5. The summed E-state index contributed by atoms with van der Waals surface area (Å²) in [6.45, 7) is 1.72. The van der Waals surface area contributed by atoms with Crippen LogP contribution < -0.4 is 9.47 Å². The molecule has 2 bridgehead atoms. The maximum Gasteiger partial charge on any atom is 0.118 e. The standard InChI is InChI=1S/C31H37NO3/c1-33-29-14-8-25(9-15-29)31(26-10-16-30(34-2)17-11-26)35-19-18-32-27-12-13-28(32)22-24(21-27)20-23-6-4-3-5-7-23/h3-11,14-17,24,27-28,31H,12-13,18-22H2,1-2H3. The average molecular weight is 472 g/mol. The number of hydrogen-bond acceptors (Lipinski definition) is 4. The van der Waals surface area contributed by atoms with Crippen LogP contribution in [-0.2, 0) is 11.2 Å². The lowest BCUT2D eigenvalue weighted by molar-refractivity contribution is 0.0285. The highest BCUT2D eigenvalue weighted by Crippen LogP contribution is 2.40. The van der Waals surface area contributed by atoms with Gasteiger partial charge in [0.1, 0.15) is 17.6 Å².